The molecule has 1 aromatic carbocycles. The second-order valence-electron chi connectivity index (χ2n) is 4.46. The first-order valence-corrected chi connectivity index (χ1v) is 6.84. The molecule has 1 N–H and O–H groups in total. The summed E-state index contributed by atoms with van der Waals surface area (Å²) in [5.74, 6) is 1.69. The van der Waals surface area contributed by atoms with Gasteiger partial charge in [-0.05, 0) is 37.2 Å². The van der Waals surface area contributed by atoms with Crippen LogP contribution < -0.4 is 10.1 Å². The lowest BCUT2D eigenvalue weighted by atomic mass is 10.2. The van der Waals surface area contributed by atoms with E-state index in [1.807, 2.05) is 19.9 Å². The van der Waals surface area contributed by atoms with Crippen LogP contribution in [-0.4, -0.2) is 6.54 Å². The first-order chi connectivity index (χ1) is 9.60. The van der Waals surface area contributed by atoms with Crippen molar-refractivity contribution in [3.63, 3.8) is 0 Å². The minimum Gasteiger partial charge on any atom is -0.486 e. The molecule has 0 saturated heterocycles. The summed E-state index contributed by atoms with van der Waals surface area (Å²) in [5.41, 5.74) is 1.08. The molecule has 0 aliphatic rings. The summed E-state index contributed by atoms with van der Waals surface area (Å²) in [6.45, 7) is 5.91. The van der Waals surface area contributed by atoms with E-state index in [1.54, 1.807) is 0 Å². The van der Waals surface area contributed by atoms with Gasteiger partial charge in [0.1, 0.15) is 29.7 Å². The third-order valence-electron chi connectivity index (χ3n) is 2.88. The van der Waals surface area contributed by atoms with Gasteiger partial charge in [0.25, 0.3) is 0 Å². The van der Waals surface area contributed by atoms with Crippen LogP contribution >= 0.6 is 11.6 Å². The minimum absolute atomic E-state index is 0.0472. The van der Waals surface area contributed by atoms with Gasteiger partial charge in [0.15, 0.2) is 0 Å². The summed E-state index contributed by atoms with van der Waals surface area (Å²) < 4.78 is 24.3. The van der Waals surface area contributed by atoms with Crippen molar-refractivity contribution in [1.82, 2.24) is 5.32 Å². The average molecular weight is 298 g/mol. The Bertz CT molecular complexity index is 583. The molecular formula is C15H17ClFNO2. The fraction of sp³-hybridized carbons (Fsp3) is 0.333. The number of hydrogen-bond acceptors (Lipinski definition) is 3. The molecule has 0 aliphatic carbocycles. The maximum Gasteiger partial charge on any atom is 0.146 e. The molecule has 108 valence electrons. The molecule has 1 aromatic heterocycles. The van der Waals surface area contributed by atoms with E-state index in [0.717, 1.165) is 23.6 Å². The predicted molar refractivity (Wildman–Crippen MR) is 76.6 cm³/mol. The molecule has 0 amide bonds. The Morgan fingerprint density at radius 3 is 2.85 bits per heavy atom. The highest BCUT2D eigenvalue weighted by Gasteiger charge is 2.08. The highest BCUT2D eigenvalue weighted by atomic mass is 35.5. The van der Waals surface area contributed by atoms with Gasteiger partial charge in [-0.25, -0.2) is 4.39 Å². The topological polar surface area (TPSA) is 34.4 Å². The number of furan rings is 1. The van der Waals surface area contributed by atoms with Gasteiger partial charge in [0, 0.05) is 6.07 Å². The quantitative estimate of drug-likeness (QED) is 0.873. The molecule has 20 heavy (non-hydrogen) atoms. The molecule has 3 nitrogen and oxygen atoms in total. The molecule has 0 bridgehead atoms. The monoisotopic (exact) mass is 297 g/mol. The van der Waals surface area contributed by atoms with Crippen LogP contribution in [0.1, 0.15) is 24.0 Å². The summed E-state index contributed by atoms with van der Waals surface area (Å²) in [5, 5.41) is 3.26. The second-order valence-corrected chi connectivity index (χ2v) is 4.87. The summed E-state index contributed by atoms with van der Waals surface area (Å²) >= 11 is 5.70. The Morgan fingerprint density at radius 2 is 2.15 bits per heavy atom. The van der Waals surface area contributed by atoms with Crippen molar-refractivity contribution >= 4 is 11.6 Å². The summed E-state index contributed by atoms with van der Waals surface area (Å²) in [7, 11) is 0. The highest BCUT2D eigenvalue weighted by molar-refractivity contribution is 6.30. The molecule has 2 rings (SSSR count). The third-order valence-corrected chi connectivity index (χ3v) is 3.17. The molecule has 2 aromatic rings. The molecular weight excluding hydrogens is 281 g/mol. The zero-order valence-electron chi connectivity index (χ0n) is 11.5. The molecule has 0 saturated carbocycles. The summed E-state index contributed by atoms with van der Waals surface area (Å²) in [6, 6.07) is 6.21. The van der Waals surface area contributed by atoms with Crippen LogP contribution in [0.4, 0.5) is 4.39 Å². The smallest absolute Gasteiger partial charge is 0.146 e. The maximum absolute atomic E-state index is 13.0. The van der Waals surface area contributed by atoms with Crippen LogP contribution in [0.15, 0.2) is 28.7 Å². The molecule has 0 unspecified atom stereocenters. The van der Waals surface area contributed by atoms with E-state index in [9.17, 15) is 4.39 Å². The molecule has 0 atom stereocenters. The van der Waals surface area contributed by atoms with Gasteiger partial charge in [-0.3, -0.25) is 0 Å². The van der Waals surface area contributed by atoms with Crippen molar-refractivity contribution < 1.29 is 13.5 Å². The van der Waals surface area contributed by atoms with Crippen molar-refractivity contribution in [3.05, 3.63) is 52.2 Å². The maximum atomic E-state index is 13.0. The lowest BCUT2D eigenvalue weighted by Crippen LogP contribution is -2.11. The third kappa shape index (κ3) is 3.74. The van der Waals surface area contributed by atoms with E-state index >= 15 is 0 Å². The zero-order chi connectivity index (χ0) is 14.5. The van der Waals surface area contributed by atoms with Crippen LogP contribution in [0.25, 0.3) is 0 Å². The van der Waals surface area contributed by atoms with Gasteiger partial charge in [0.05, 0.1) is 11.6 Å². The molecule has 0 spiro atoms. The predicted octanol–water partition coefficient (Wildman–Crippen LogP) is 4.07. The van der Waals surface area contributed by atoms with Gasteiger partial charge in [0.2, 0.25) is 0 Å². The van der Waals surface area contributed by atoms with Crippen LogP contribution in [0.3, 0.4) is 0 Å². The van der Waals surface area contributed by atoms with E-state index < -0.39 is 5.82 Å². The van der Waals surface area contributed by atoms with E-state index in [4.69, 9.17) is 20.8 Å². The average Bonchev–Trinajstić information content (AvgIpc) is 2.78. The fourth-order valence-electron chi connectivity index (χ4n) is 1.80. The van der Waals surface area contributed by atoms with Crippen molar-refractivity contribution in [2.45, 2.75) is 27.0 Å². The Balaban J connectivity index is 1.98. The Morgan fingerprint density at radius 1 is 1.35 bits per heavy atom. The summed E-state index contributed by atoms with van der Waals surface area (Å²) in [6.07, 6.45) is 0. The van der Waals surface area contributed by atoms with Crippen LogP contribution in [0.5, 0.6) is 5.75 Å². The highest BCUT2D eigenvalue weighted by Crippen LogP contribution is 2.23. The second kappa shape index (κ2) is 6.77. The van der Waals surface area contributed by atoms with Gasteiger partial charge < -0.3 is 14.5 Å². The zero-order valence-corrected chi connectivity index (χ0v) is 12.3. The number of aryl methyl sites for hydroxylation is 1. The van der Waals surface area contributed by atoms with E-state index in [2.05, 4.69) is 5.32 Å². The number of ether oxygens (including phenoxy) is 1. The van der Waals surface area contributed by atoms with E-state index in [0.29, 0.717) is 12.3 Å². The first-order valence-electron chi connectivity index (χ1n) is 6.47. The standard InChI is InChI=1S/C15H17ClFNO2/c1-3-18-8-15-10(2)6-12(20-15)9-19-11-4-5-14(17)13(16)7-11/h4-7,18H,3,8-9H2,1-2H3. The minimum atomic E-state index is -0.458. The van der Waals surface area contributed by atoms with Gasteiger partial charge in [-0.1, -0.05) is 18.5 Å². The van der Waals surface area contributed by atoms with Crippen molar-refractivity contribution in [2.24, 2.45) is 0 Å². The number of nitrogens with one attached hydrogen (secondary N) is 1. The lowest BCUT2D eigenvalue weighted by Gasteiger charge is -2.05. The molecule has 5 heteroatoms. The number of benzene rings is 1. The number of rotatable bonds is 6. The van der Waals surface area contributed by atoms with Crippen LogP contribution in [0.2, 0.25) is 5.02 Å². The van der Waals surface area contributed by atoms with Gasteiger partial charge >= 0.3 is 0 Å². The summed E-state index contributed by atoms with van der Waals surface area (Å²) in [4.78, 5) is 0. The molecule has 1 heterocycles. The Labute approximate surface area is 122 Å². The normalized spacial score (nSPS) is 10.8. The molecule has 0 radical (unpaired) electrons. The van der Waals surface area contributed by atoms with Crippen molar-refractivity contribution in [3.8, 4) is 5.75 Å². The molecule has 0 aliphatic heterocycles. The van der Waals surface area contributed by atoms with Gasteiger partial charge in [-0.2, -0.15) is 0 Å². The van der Waals surface area contributed by atoms with Crippen molar-refractivity contribution in [2.75, 3.05) is 6.54 Å². The molecule has 0 fully saturated rings. The van der Waals surface area contributed by atoms with Crippen molar-refractivity contribution in [1.29, 1.82) is 0 Å². The largest absolute Gasteiger partial charge is 0.486 e. The van der Waals surface area contributed by atoms with Gasteiger partial charge in [-0.15, -0.1) is 0 Å². The number of halogens is 2. The fourth-order valence-corrected chi connectivity index (χ4v) is 1.97. The van der Waals surface area contributed by atoms with Crippen LogP contribution in [-0.2, 0) is 13.2 Å². The first kappa shape index (κ1) is 14.9. The lowest BCUT2D eigenvalue weighted by molar-refractivity contribution is 0.265. The Kier molecular flexibility index (Phi) is 5.04. The number of hydrogen-bond donors (Lipinski definition) is 1. The Hall–Kier alpha value is -1.52. The van der Waals surface area contributed by atoms with E-state index in [1.165, 1.54) is 18.2 Å². The van der Waals surface area contributed by atoms with E-state index in [-0.39, 0.29) is 11.6 Å². The van der Waals surface area contributed by atoms with Crippen LogP contribution in [0, 0.1) is 12.7 Å². The SMILES string of the molecule is CCNCc1oc(COc2ccc(F)c(Cl)c2)cc1C.